The summed E-state index contributed by atoms with van der Waals surface area (Å²) in [6, 6.07) is 18.6. The van der Waals surface area contributed by atoms with E-state index in [2.05, 4.69) is 37.8 Å². The zero-order chi connectivity index (χ0) is 20.8. The molecular formula is C23H28N6O. The highest BCUT2D eigenvalue weighted by Crippen LogP contribution is 2.30. The Bertz CT molecular complexity index is 984. The van der Waals surface area contributed by atoms with Crippen LogP contribution in [0, 0.1) is 0 Å². The fourth-order valence-corrected chi connectivity index (χ4v) is 3.73. The van der Waals surface area contributed by atoms with Crippen molar-refractivity contribution in [2.24, 2.45) is 4.99 Å². The molecule has 2 N–H and O–H groups in total. The first-order valence-corrected chi connectivity index (χ1v) is 10.2. The van der Waals surface area contributed by atoms with Crippen LogP contribution in [0.4, 0.5) is 5.69 Å². The van der Waals surface area contributed by atoms with Gasteiger partial charge in [0.15, 0.2) is 5.96 Å². The van der Waals surface area contributed by atoms with Crippen LogP contribution in [0.25, 0.3) is 5.69 Å². The van der Waals surface area contributed by atoms with E-state index in [9.17, 15) is 0 Å². The van der Waals surface area contributed by atoms with Crippen LogP contribution in [0.1, 0.15) is 12.0 Å². The second kappa shape index (κ2) is 9.35. The van der Waals surface area contributed by atoms with Crippen molar-refractivity contribution in [3.05, 3.63) is 72.6 Å². The van der Waals surface area contributed by atoms with Crippen molar-refractivity contribution in [3.63, 3.8) is 0 Å². The van der Waals surface area contributed by atoms with Crippen LogP contribution >= 0.6 is 0 Å². The van der Waals surface area contributed by atoms with Crippen molar-refractivity contribution in [2.45, 2.75) is 19.0 Å². The third kappa shape index (κ3) is 4.56. The maximum absolute atomic E-state index is 5.51. The summed E-state index contributed by atoms with van der Waals surface area (Å²) in [5.74, 6) is 1.71. The highest BCUT2D eigenvalue weighted by molar-refractivity contribution is 5.80. The summed E-state index contributed by atoms with van der Waals surface area (Å²) in [4.78, 5) is 6.74. The Morgan fingerprint density at radius 3 is 2.77 bits per heavy atom. The third-order valence-corrected chi connectivity index (χ3v) is 5.30. The molecule has 0 saturated carbocycles. The van der Waals surface area contributed by atoms with Gasteiger partial charge in [-0.25, -0.2) is 4.68 Å². The molecule has 1 aliphatic heterocycles. The van der Waals surface area contributed by atoms with Crippen LogP contribution in [0.3, 0.4) is 0 Å². The first kappa shape index (κ1) is 19.8. The molecule has 0 amide bonds. The van der Waals surface area contributed by atoms with E-state index in [4.69, 9.17) is 4.74 Å². The van der Waals surface area contributed by atoms with Gasteiger partial charge in [0.25, 0.3) is 0 Å². The number of rotatable bonds is 6. The molecule has 1 fully saturated rings. The smallest absolute Gasteiger partial charge is 0.191 e. The number of nitrogens with zero attached hydrogens (tertiary/aromatic N) is 4. The molecule has 2 heterocycles. The van der Waals surface area contributed by atoms with E-state index in [0.717, 1.165) is 48.2 Å². The van der Waals surface area contributed by atoms with Crippen molar-refractivity contribution >= 4 is 11.6 Å². The molecule has 1 saturated heterocycles. The molecule has 0 aliphatic carbocycles. The quantitative estimate of drug-likeness (QED) is 0.489. The predicted octanol–water partition coefficient (Wildman–Crippen LogP) is 2.82. The van der Waals surface area contributed by atoms with E-state index < -0.39 is 0 Å². The van der Waals surface area contributed by atoms with Crippen molar-refractivity contribution in [1.82, 2.24) is 20.4 Å². The Kier molecular flexibility index (Phi) is 6.17. The first-order valence-electron chi connectivity index (χ1n) is 10.2. The van der Waals surface area contributed by atoms with Crippen molar-refractivity contribution in [2.75, 3.05) is 32.1 Å². The van der Waals surface area contributed by atoms with Crippen LogP contribution in [-0.4, -0.2) is 49.0 Å². The SMILES string of the molecule is CN=C(NCc1cnn(-c2ccccc2)c1)NC1CCN(c2ccccc2OC)C1. The molecule has 7 nitrogen and oxygen atoms in total. The molecule has 30 heavy (non-hydrogen) atoms. The summed E-state index contributed by atoms with van der Waals surface area (Å²) in [5, 5.41) is 11.4. The maximum atomic E-state index is 5.51. The Labute approximate surface area is 177 Å². The number of hydrogen-bond acceptors (Lipinski definition) is 4. The van der Waals surface area contributed by atoms with Crippen LogP contribution in [0.15, 0.2) is 72.0 Å². The molecule has 3 aromatic rings. The van der Waals surface area contributed by atoms with Crippen LogP contribution in [-0.2, 0) is 6.54 Å². The van der Waals surface area contributed by atoms with E-state index >= 15 is 0 Å². The lowest BCUT2D eigenvalue weighted by Crippen LogP contribution is -2.44. The van der Waals surface area contributed by atoms with Gasteiger partial charge in [-0.2, -0.15) is 5.10 Å². The molecule has 0 radical (unpaired) electrons. The average Bonchev–Trinajstić information content (AvgIpc) is 3.47. The average molecular weight is 405 g/mol. The zero-order valence-corrected chi connectivity index (χ0v) is 17.5. The molecule has 1 atom stereocenters. The summed E-state index contributed by atoms with van der Waals surface area (Å²) in [6.07, 6.45) is 4.96. The molecule has 156 valence electrons. The number of guanidine groups is 1. The minimum Gasteiger partial charge on any atom is -0.495 e. The minimum atomic E-state index is 0.327. The summed E-state index contributed by atoms with van der Waals surface area (Å²) in [7, 11) is 3.52. The van der Waals surface area contributed by atoms with Gasteiger partial charge in [0.1, 0.15) is 5.75 Å². The third-order valence-electron chi connectivity index (χ3n) is 5.30. The molecule has 0 bridgehead atoms. The Hall–Kier alpha value is -3.48. The number of anilines is 1. The molecular weight excluding hydrogens is 376 g/mol. The number of nitrogens with one attached hydrogen (secondary N) is 2. The maximum Gasteiger partial charge on any atom is 0.191 e. The van der Waals surface area contributed by atoms with Gasteiger partial charge in [0.05, 0.1) is 24.7 Å². The molecule has 0 spiro atoms. The largest absolute Gasteiger partial charge is 0.495 e. The van der Waals surface area contributed by atoms with E-state index in [-0.39, 0.29) is 0 Å². The zero-order valence-electron chi connectivity index (χ0n) is 17.5. The van der Waals surface area contributed by atoms with Crippen LogP contribution in [0.2, 0.25) is 0 Å². The Balaban J connectivity index is 1.31. The van der Waals surface area contributed by atoms with Gasteiger partial charge >= 0.3 is 0 Å². The number of hydrogen-bond donors (Lipinski definition) is 2. The van der Waals surface area contributed by atoms with Crippen molar-refractivity contribution in [3.8, 4) is 11.4 Å². The second-order valence-corrected chi connectivity index (χ2v) is 7.30. The van der Waals surface area contributed by atoms with E-state index in [1.165, 1.54) is 0 Å². The molecule has 1 aliphatic rings. The Morgan fingerprint density at radius 1 is 1.17 bits per heavy atom. The number of ether oxygens (including phenoxy) is 1. The van der Waals surface area contributed by atoms with E-state index in [0.29, 0.717) is 12.6 Å². The van der Waals surface area contributed by atoms with Gasteiger partial charge in [0, 0.05) is 44.5 Å². The van der Waals surface area contributed by atoms with Crippen LogP contribution < -0.4 is 20.3 Å². The van der Waals surface area contributed by atoms with E-state index in [1.807, 2.05) is 59.5 Å². The molecule has 4 rings (SSSR count). The minimum absolute atomic E-state index is 0.327. The van der Waals surface area contributed by atoms with Crippen LogP contribution in [0.5, 0.6) is 5.75 Å². The monoisotopic (exact) mass is 404 g/mol. The normalized spacial score (nSPS) is 16.5. The lowest BCUT2D eigenvalue weighted by atomic mass is 10.2. The highest BCUT2D eigenvalue weighted by Gasteiger charge is 2.25. The van der Waals surface area contributed by atoms with Gasteiger partial charge in [-0.05, 0) is 30.7 Å². The summed E-state index contributed by atoms with van der Waals surface area (Å²) in [5.41, 5.74) is 3.29. The van der Waals surface area contributed by atoms with E-state index in [1.54, 1.807) is 14.2 Å². The molecule has 7 heteroatoms. The number of methoxy groups -OCH3 is 1. The number of benzene rings is 2. The molecule has 2 aromatic carbocycles. The van der Waals surface area contributed by atoms with Gasteiger partial charge in [-0.1, -0.05) is 30.3 Å². The van der Waals surface area contributed by atoms with Gasteiger partial charge in [-0.15, -0.1) is 0 Å². The first-order chi connectivity index (χ1) is 14.8. The summed E-state index contributed by atoms with van der Waals surface area (Å²) >= 11 is 0. The predicted molar refractivity (Wildman–Crippen MR) is 121 cm³/mol. The molecule has 1 unspecified atom stereocenters. The standard InChI is InChI=1S/C23H28N6O/c1-24-23(25-14-18-15-26-29(16-18)20-8-4-3-5-9-20)27-19-12-13-28(17-19)21-10-6-7-11-22(21)30-2/h3-11,15-16,19H,12-14,17H2,1-2H3,(H2,24,25,27). The Morgan fingerprint density at radius 2 is 1.97 bits per heavy atom. The highest BCUT2D eigenvalue weighted by atomic mass is 16.5. The van der Waals surface area contributed by atoms with Gasteiger partial charge in [-0.3, -0.25) is 4.99 Å². The van der Waals surface area contributed by atoms with Crippen molar-refractivity contribution < 1.29 is 4.74 Å². The second-order valence-electron chi connectivity index (χ2n) is 7.30. The number of aliphatic imine (C=N–C) groups is 1. The van der Waals surface area contributed by atoms with Crippen molar-refractivity contribution in [1.29, 1.82) is 0 Å². The topological polar surface area (TPSA) is 66.7 Å². The fourth-order valence-electron chi connectivity index (χ4n) is 3.73. The lowest BCUT2D eigenvalue weighted by Gasteiger charge is -2.22. The number of para-hydroxylation sites is 3. The number of aromatic nitrogens is 2. The van der Waals surface area contributed by atoms with Gasteiger partial charge < -0.3 is 20.3 Å². The van der Waals surface area contributed by atoms with Gasteiger partial charge in [0.2, 0.25) is 0 Å². The molecule has 1 aromatic heterocycles. The lowest BCUT2D eigenvalue weighted by molar-refractivity contribution is 0.415. The summed E-state index contributed by atoms with van der Waals surface area (Å²) in [6.45, 7) is 2.56. The summed E-state index contributed by atoms with van der Waals surface area (Å²) < 4.78 is 7.39. The fraction of sp³-hybridized carbons (Fsp3) is 0.304.